The van der Waals surface area contributed by atoms with Crippen LogP contribution in [0.2, 0.25) is 0 Å². The Morgan fingerprint density at radius 3 is 2.79 bits per heavy atom. The normalized spacial score (nSPS) is 24.4. The largest absolute Gasteiger partial charge is 0.328 e. The molecule has 1 aliphatic rings. The van der Waals surface area contributed by atoms with Crippen molar-refractivity contribution in [3.8, 4) is 0 Å². The number of hydrogen-bond acceptors (Lipinski definition) is 2. The summed E-state index contributed by atoms with van der Waals surface area (Å²) in [6.07, 6.45) is 9.81. The summed E-state index contributed by atoms with van der Waals surface area (Å²) in [5, 5.41) is 4.71. The molecule has 0 spiro atoms. The molecule has 108 valence electrons. The minimum absolute atomic E-state index is 0.451. The van der Waals surface area contributed by atoms with Crippen molar-refractivity contribution in [2.24, 2.45) is 11.7 Å². The van der Waals surface area contributed by atoms with Crippen LogP contribution < -0.4 is 5.73 Å². The third-order valence-electron chi connectivity index (χ3n) is 4.52. The van der Waals surface area contributed by atoms with E-state index in [0.29, 0.717) is 6.04 Å². The van der Waals surface area contributed by atoms with Crippen molar-refractivity contribution in [3.05, 3.63) is 17.5 Å². The van der Waals surface area contributed by atoms with Gasteiger partial charge < -0.3 is 5.73 Å². The van der Waals surface area contributed by atoms with Crippen LogP contribution in [0.3, 0.4) is 0 Å². The maximum absolute atomic E-state index is 6.05. The molecular formula is C16H29N3. The fourth-order valence-corrected chi connectivity index (χ4v) is 3.17. The number of rotatable bonds is 5. The molecule has 1 aromatic rings. The van der Waals surface area contributed by atoms with Gasteiger partial charge in [0.25, 0.3) is 0 Å². The van der Waals surface area contributed by atoms with Gasteiger partial charge in [-0.2, -0.15) is 5.10 Å². The zero-order valence-electron chi connectivity index (χ0n) is 12.6. The lowest BCUT2D eigenvalue weighted by Crippen LogP contribution is -2.18. The van der Waals surface area contributed by atoms with E-state index in [4.69, 9.17) is 10.8 Å². The Kier molecular flexibility index (Phi) is 5.44. The van der Waals surface area contributed by atoms with Crippen LogP contribution in [-0.2, 0) is 19.4 Å². The van der Waals surface area contributed by atoms with Gasteiger partial charge in [-0.05, 0) is 50.5 Å². The molecule has 1 aromatic heterocycles. The molecule has 3 nitrogen and oxygen atoms in total. The van der Waals surface area contributed by atoms with Crippen molar-refractivity contribution in [2.75, 3.05) is 0 Å². The molecule has 2 N–H and O–H groups in total. The van der Waals surface area contributed by atoms with Gasteiger partial charge in [-0.15, -0.1) is 0 Å². The smallest absolute Gasteiger partial charge is 0.0624 e. The van der Waals surface area contributed by atoms with Gasteiger partial charge in [-0.25, -0.2) is 0 Å². The molecule has 2 unspecified atom stereocenters. The fourth-order valence-electron chi connectivity index (χ4n) is 3.17. The van der Waals surface area contributed by atoms with Gasteiger partial charge in [0.2, 0.25) is 0 Å². The molecule has 19 heavy (non-hydrogen) atoms. The van der Waals surface area contributed by atoms with Crippen LogP contribution >= 0.6 is 0 Å². The molecule has 0 saturated heterocycles. The maximum Gasteiger partial charge on any atom is 0.0624 e. The van der Waals surface area contributed by atoms with Gasteiger partial charge in [0.15, 0.2) is 0 Å². The first-order valence-corrected chi connectivity index (χ1v) is 8.04. The van der Waals surface area contributed by atoms with Crippen molar-refractivity contribution in [1.82, 2.24) is 9.78 Å². The SMILES string of the molecule is CCc1cc(CC)n(CCC2CCCC(N)CC2)n1. The van der Waals surface area contributed by atoms with E-state index in [1.54, 1.807) is 0 Å². The Balaban J connectivity index is 1.89. The van der Waals surface area contributed by atoms with Crippen molar-refractivity contribution < 1.29 is 0 Å². The molecule has 2 atom stereocenters. The molecule has 0 radical (unpaired) electrons. The van der Waals surface area contributed by atoms with E-state index >= 15 is 0 Å². The van der Waals surface area contributed by atoms with Crippen molar-refractivity contribution >= 4 is 0 Å². The summed E-state index contributed by atoms with van der Waals surface area (Å²) >= 11 is 0. The number of nitrogens with zero attached hydrogens (tertiary/aromatic N) is 2. The third-order valence-corrected chi connectivity index (χ3v) is 4.52. The lowest BCUT2D eigenvalue weighted by molar-refractivity contribution is 0.382. The van der Waals surface area contributed by atoms with Gasteiger partial charge in [0, 0.05) is 18.3 Å². The summed E-state index contributed by atoms with van der Waals surface area (Å²) in [6, 6.07) is 2.72. The van der Waals surface area contributed by atoms with Gasteiger partial charge in [-0.3, -0.25) is 4.68 Å². The number of hydrogen-bond donors (Lipinski definition) is 1. The van der Waals surface area contributed by atoms with Crippen molar-refractivity contribution in [1.29, 1.82) is 0 Å². The summed E-state index contributed by atoms with van der Waals surface area (Å²) in [4.78, 5) is 0. The molecule has 1 fully saturated rings. The Hall–Kier alpha value is -0.830. The Morgan fingerprint density at radius 2 is 2.05 bits per heavy atom. The van der Waals surface area contributed by atoms with Crippen LogP contribution in [0.4, 0.5) is 0 Å². The highest BCUT2D eigenvalue weighted by Gasteiger charge is 2.17. The van der Waals surface area contributed by atoms with Crippen LogP contribution in [0.25, 0.3) is 0 Å². The monoisotopic (exact) mass is 263 g/mol. The van der Waals surface area contributed by atoms with Gasteiger partial charge in [0.1, 0.15) is 0 Å². The van der Waals surface area contributed by atoms with Gasteiger partial charge >= 0.3 is 0 Å². The molecule has 3 heteroatoms. The molecular weight excluding hydrogens is 234 g/mol. The zero-order valence-corrected chi connectivity index (χ0v) is 12.6. The minimum Gasteiger partial charge on any atom is -0.328 e. The molecule has 0 amide bonds. The maximum atomic E-state index is 6.05. The van der Waals surface area contributed by atoms with Crippen molar-refractivity contribution in [3.63, 3.8) is 0 Å². The highest BCUT2D eigenvalue weighted by atomic mass is 15.3. The topological polar surface area (TPSA) is 43.8 Å². The first-order chi connectivity index (χ1) is 9.22. The third kappa shape index (κ3) is 4.07. The highest BCUT2D eigenvalue weighted by molar-refractivity contribution is 5.10. The van der Waals surface area contributed by atoms with Gasteiger partial charge in [-0.1, -0.05) is 26.7 Å². The van der Waals surface area contributed by atoms with Crippen LogP contribution in [0, 0.1) is 5.92 Å². The molecule has 0 bridgehead atoms. The Morgan fingerprint density at radius 1 is 1.21 bits per heavy atom. The van der Waals surface area contributed by atoms with E-state index in [1.165, 1.54) is 49.9 Å². The van der Waals surface area contributed by atoms with E-state index in [2.05, 4.69) is 24.6 Å². The second-order valence-corrected chi connectivity index (χ2v) is 5.98. The summed E-state index contributed by atoms with van der Waals surface area (Å²) in [7, 11) is 0. The summed E-state index contributed by atoms with van der Waals surface area (Å²) < 4.78 is 2.24. The van der Waals surface area contributed by atoms with E-state index in [9.17, 15) is 0 Å². The second kappa shape index (κ2) is 7.09. The molecule has 1 heterocycles. The highest BCUT2D eigenvalue weighted by Crippen LogP contribution is 2.25. The molecule has 0 aliphatic heterocycles. The first kappa shape index (κ1) is 14.6. The molecule has 2 rings (SSSR count). The predicted molar refractivity (Wildman–Crippen MR) is 80.2 cm³/mol. The molecule has 1 saturated carbocycles. The van der Waals surface area contributed by atoms with Crippen LogP contribution in [0.1, 0.15) is 63.8 Å². The number of nitrogens with two attached hydrogens (primary N) is 1. The predicted octanol–water partition coefficient (Wildman–Crippen LogP) is 3.31. The van der Waals surface area contributed by atoms with Crippen LogP contribution in [-0.4, -0.2) is 15.8 Å². The van der Waals surface area contributed by atoms with E-state index in [-0.39, 0.29) is 0 Å². The fraction of sp³-hybridized carbons (Fsp3) is 0.812. The summed E-state index contributed by atoms with van der Waals surface area (Å²) in [5.41, 5.74) is 8.68. The zero-order chi connectivity index (χ0) is 13.7. The van der Waals surface area contributed by atoms with E-state index in [0.717, 1.165) is 25.3 Å². The van der Waals surface area contributed by atoms with Crippen LogP contribution in [0.15, 0.2) is 6.07 Å². The summed E-state index contributed by atoms with van der Waals surface area (Å²) in [5.74, 6) is 0.854. The Labute approximate surface area is 117 Å². The van der Waals surface area contributed by atoms with E-state index < -0.39 is 0 Å². The van der Waals surface area contributed by atoms with E-state index in [1.807, 2.05) is 0 Å². The first-order valence-electron chi connectivity index (χ1n) is 8.04. The second-order valence-electron chi connectivity index (χ2n) is 5.98. The van der Waals surface area contributed by atoms with Gasteiger partial charge in [0.05, 0.1) is 5.69 Å². The lowest BCUT2D eigenvalue weighted by atomic mass is 9.96. The quantitative estimate of drug-likeness (QED) is 0.828. The molecule has 0 aromatic carbocycles. The Bertz CT molecular complexity index is 383. The lowest BCUT2D eigenvalue weighted by Gasteiger charge is -2.15. The average molecular weight is 263 g/mol. The number of aryl methyl sites for hydroxylation is 3. The van der Waals surface area contributed by atoms with Crippen molar-refractivity contribution in [2.45, 2.75) is 77.8 Å². The molecule has 1 aliphatic carbocycles. The minimum atomic E-state index is 0.451. The average Bonchev–Trinajstić information content (AvgIpc) is 2.72. The van der Waals surface area contributed by atoms with Crippen LogP contribution in [0.5, 0.6) is 0 Å². The summed E-state index contributed by atoms with van der Waals surface area (Å²) in [6.45, 7) is 5.49. The standard InChI is InChI=1S/C16H29N3/c1-3-15-12-16(4-2)19(18-15)11-10-13-6-5-7-14(17)9-8-13/h12-14H,3-11,17H2,1-2H3. The number of aromatic nitrogens is 2.